The standard InChI is InChI=1S/C11H14N4O2/c1-12-10(8-5-3-4-6-13-8)11-14-9(7-16-2)17-15-11/h3-6,10,12H,7H2,1-2H3. The van der Waals surface area contributed by atoms with E-state index in [2.05, 4.69) is 20.4 Å². The maximum atomic E-state index is 5.06. The summed E-state index contributed by atoms with van der Waals surface area (Å²) in [5.74, 6) is 1.01. The molecular formula is C11H14N4O2. The van der Waals surface area contributed by atoms with E-state index in [-0.39, 0.29) is 6.04 Å². The van der Waals surface area contributed by atoms with Gasteiger partial charge in [-0.15, -0.1) is 0 Å². The van der Waals surface area contributed by atoms with Crippen molar-refractivity contribution in [2.45, 2.75) is 12.6 Å². The van der Waals surface area contributed by atoms with Crippen molar-refractivity contribution < 1.29 is 9.26 Å². The molecule has 90 valence electrons. The van der Waals surface area contributed by atoms with Crippen molar-refractivity contribution in [3.63, 3.8) is 0 Å². The first kappa shape index (κ1) is 11.7. The number of ether oxygens (including phenoxy) is 1. The fourth-order valence-electron chi connectivity index (χ4n) is 1.52. The van der Waals surface area contributed by atoms with E-state index in [4.69, 9.17) is 9.26 Å². The minimum atomic E-state index is -0.175. The second-order valence-electron chi connectivity index (χ2n) is 3.46. The van der Waals surface area contributed by atoms with Crippen LogP contribution in [0.4, 0.5) is 0 Å². The van der Waals surface area contributed by atoms with E-state index >= 15 is 0 Å². The average molecular weight is 234 g/mol. The van der Waals surface area contributed by atoms with E-state index in [9.17, 15) is 0 Å². The van der Waals surface area contributed by atoms with E-state index in [1.54, 1.807) is 13.3 Å². The van der Waals surface area contributed by atoms with E-state index in [1.807, 2.05) is 25.2 Å². The summed E-state index contributed by atoms with van der Waals surface area (Å²) in [6, 6.07) is 5.52. The van der Waals surface area contributed by atoms with Crippen LogP contribution >= 0.6 is 0 Å². The molecule has 0 spiro atoms. The third-order valence-corrected chi connectivity index (χ3v) is 2.28. The van der Waals surface area contributed by atoms with Crippen molar-refractivity contribution >= 4 is 0 Å². The Hall–Kier alpha value is -1.79. The van der Waals surface area contributed by atoms with Crippen molar-refractivity contribution in [3.8, 4) is 0 Å². The molecular weight excluding hydrogens is 220 g/mol. The number of methoxy groups -OCH3 is 1. The summed E-state index contributed by atoms with van der Waals surface area (Å²) in [4.78, 5) is 8.51. The molecule has 0 aliphatic carbocycles. The Morgan fingerprint density at radius 3 is 3.00 bits per heavy atom. The molecule has 1 N–H and O–H groups in total. The Morgan fingerprint density at radius 1 is 1.47 bits per heavy atom. The van der Waals surface area contributed by atoms with Crippen LogP contribution in [0.5, 0.6) is 0 Å². The number of nitrogens with zero attached hydrogens (tertiary/aromatic N) is 3. The quantitative estimate of drug-likeness (QED) is 0.829. The summed E-state index contributed by atoms with van der Waals surface area (Å²) in [5.41, 5.74) is 0.847. The molecule has 0 aromatic carbocycles. The highest BCUT2D eigenvalue weighted by molar-refractivity contribution is 5.16. The van der Waals surface area contributed by atoms with Gasteiger partial charge in [-0.05, 0) is 19.2 Å². The van der Waals surface area contributed by atoms with Gasteiger partial charge in [0.05, 0.1) is 5.69 Å². The van der Waals surface area contributed by atoms with Gasteiger partial charge < -0.3 is 14.6 Å². The number of hydrogen-bond acceptors (Lipinski definition) is 6. The highest BCUT2D eigenvalue weighted by atomic mass is 16.5. The van der Waals surface area contributed by atoms with Crippen LogP contribution in [0, 0.1) is 0 Å². The Kier molecular flexibility index (Phi) is 3.79. The van der Waals surface area contributed by atoms with Gasteiger partial charge in [0.15, 0.2) is 5.82 Å². The maximum Gasteiger partial charge on any atom is 0.252 e. The van der Waals surface area contributed by atoms with Crippen LogP contribution in [-0.4, -0.2) is 29.3 Å². The lowest BCUT2D eigenvalue weighted by Gasteiger charge is -2.10. The van der Waals surface area contributed by atoms with E-state index in [1.165, 1.54) is 0 Å². The number of hydrogen-bond donors (Lipinski definition) is 1. The van der Waals surface area contributed by atoms with Gasteiger partial charge in [0, 0.05) is 13.3 Å². The topological polar surface area (TPSA) is 73.1 Å². The zero-order valence-electron chi connectivity index (χ0n) is 9.75. The lowest BCUT2D eigenvalue weighted by Crippen LogP contribution is -2.20. The Morgan fingerprint density at radius 2 is 2.35 bits per heavy atom. The van der Waals surface area contributed by atoms with Gasteiger partial charge in [-0.3, -0.25) is 4.98 Å². The van der Waals surface area contributed by atoms with Gasteiger partial charge in [0.25, 0.3) is 5.89 Å². The Bertz CT molecular complexity index is 458. The maximum absolute atomic E-state index is 5.06. The summed E-state index contributed by atoms with van der Waals surface area (Å²) in [5, 5.41) is 7.02. The first-order valence-corrected chi connectivity index (χ1v) is 5.24. The largest absolute Gasteiger partial charge is 0.375 e. The first-order valence-electron chi connectivity index (χ1n) is 5.24. The van der Waals surface area contributed by atoms with Gasteiger partial charge in [0.1, 0.15) is 12.6 Å². The van der Waals surface area contributed by atoms with Crippen molar-refractivity contribution in [3.05, 3.63) is 41.8 Å². The van der Waals surface area contributed by atoms with E-state index in [0.717, 1.165) is 5.69 Å². The van der Waals surface area contributed by atoms with Gasteiger partial charge in [-0.2, -0.15) is 4.98 Å². The molecule has 0 fully saturated rings. The van der Waals surface area contributed by atoms with Gasteiger partial charge in [0.2, 0.25) is 0 Å². The third-order valence-electron chi connectivity index (χ3n) is 2.28. The minimum Gasteiger partial charge on any atom is -0.375 e. The molecule has 6 nitrogen and oxygen atoms in total. The number of rotatable bonds is 5. The molecule has 2 heterocycles. The predicted molar refractivity (Wildman–Crippen MR) is 60.2 cm³/mol. The Balaban J connectivity index is 2.23. The SMILES string of the molecule is CNC(c1ccccn1)c1noc(COC)n1. The number of pyridine rings is 1. The lowest BCUT2D eigenvalue weighted by atomic mass is 10.2. The summed E-state index contributed by atoms with van der Waals surface area (Å²) in [6.07, 6.45) is 1.73. The molecule has 0 saturated heterocycles. The molecule has 0 aliphatic rings. The molecule has 1 atom stereocenters. The van der Waals surface area contributed by atoms with Crippen LogP contribution in [0.2, 0.25) is 0 Å². The summed E-state index contributed by atoms with van der Waals surface area (Å²) in [7, 11) is 3.41. The zero-order valence-corrected chi connectivity index (χ0v) is 9.75. The predicted octanol–water partition coefficient (Wildman–Crippen LogP) is 0.920. The molecule has 0 radical (unpaired) electrons. The van der Waals surface area contributed by atoms with Crippen LogP contribution in [0.15, 0.2) is 28.9 Å². The molecule has 0 amide bonds. The summed E-state index contributed by atoms with van der Waals surface area (Å²) < 4.78 is 9.98. The van der Waals surface area contributed by atoms with E-state index in [0.29, 0.717) is 18.3 Å². The lowest BCUT2D eigenvalue weighted by molar-refractivity contribution is 0.151. The molecule has 17 heavy (non-hydrogen) atoms. The van der Waals surface area contributed by atoms with Gasteiger partial charge in [-0.1, -0.05) is 11.2 Å². The zero-order chi connectivity index (χ0) is 12.1. The molecule has 2 aromatic heterocycles. The van der Waals surface area contributed by atoms with E-state index < -0.39 is 0 Å². The monoisotopic (exact) mass is 234 g/mol. The van der Waals surface area contributed by atoms with Crippen molar-refractivity contribution in [1.82, 2.24) is 20.4 Å². The molecule has 0 bridgehead atoms. The summed E-state index contributed by atoms with van der Waals surface area (Å²) >= 11 is 0. The summed E-state index contributed by atoms with van der Waals surface area (Å²) in [6.45, 7) is 0.311. The second-order valence-corrected chi connectivity index (χ2v) is 3.46. The average Bonchev–Trinajstić information content (AvgIpc) is 2.81. The van der Waals surface area contributed by atoms with Crippen LogP contribution in [0.3, 0.4) is 0 Å². The highest BCUT2D eigenvalue weighted by Crippen LogP contribution is 2.16. The first-order chi connectivity index (χ1) is 8.35. The molecule has 2 rings (SSSR count). The van der Waals surface area contributed by atoms with Crippen molar-refractivity contribution in [1.29, 1.82) is 0 Å². The fraction of sp³-hybridized carbons (Fsp3) is 0.364. The smallest absolute Gasteiger partial charge is 0.252 e. The van der Waals surface area contributed by atoms with Crippen molar-refractivity contribution in [2.24, 2.45) is 0 Å². The van der Waals surface area contributed by atoms with Crippen LogP contribution in [0.1, 0.15) is 23.5 Å². The normalized spacial score (nSPS) is 12.6. The van der Waals surface area contributed by atoms with Crippen molar-refractivity contribution in [2.75, 3.05) is 14.2 Å². The highest BCUT2D eigenvalue weighted by Gasteiger charge is 2.19. The number of nitrogens with one attached hydrogen (secondary N) is 1. The Labute approximate surface area is 99.0 Å². The van der Waals surface area contributed by atoms with Gasteiger partial charge in [-0.25, -0.2) is 0 Å². The van der Waals surface area contributed by atoms with Gasteiger partial charge >= 0.3 is 0 Å². The molecule has 6 heteroatoms. The molecule has 0 aliphatic heterocycles. The second kappa shape index (κ2) is 5.51. The molecule has 2 aromatic rings. The van der Waals surface area contributed by atoms with Crippen LogP contribution in [-0.2, 0) is 11.3 Å². The molecule has 0 saturated carbocycles. The molecule has 1 unspecified atom stereocenters. The van der Waals surface area contributed by atoms with Crippen LogP contribution < -0.4 is 5.32 Å². The minimum absolute atomic E-state index is 0.175. The third kappa shape index (κ3) is 2.66. The fourth-order valence-corrected chi connectivity index (χ4v) is 1.52. The van der Waals surface area contributed by atoms with Crippen LogP contribution in [0.25, 0.3) is 0 Å². The number of aromatic nitrogens is 3.